The molecule has 0 aliphatic rings. The molecule has 60 valence electrons. The monoisotopic (exact) mass is 156 g/mol. The fraction of sp³-hybridized carbons (Fsp3) is 0.750. The van der Waals surface area contributed by atoms with Gasteiger partial charge in [0.15, 0.2) is 0 Å². The molecule has 0 saturated heterocycles. The average molecular weight is 156 g/mol. The minimum Gasteiger partial charge on any atom is -0.609 e. The van der Waals surface area contributed by atoms with Crippen molar-refractivity contribution in [2.75, 3.05) is 0 Å². The molecule has 0 aromatic rings. The lowest BCUT2D eigenvalue weighted by atomic mass is 10.2. The van der Waals surface area contributed by atoms with Gasteiger partial charge in [0.05, 0.1) is 0 Å². The second-order valence-corrected chi connectivity index (χ2v) is 1.75. The number of hydrogen-bond acceptors (Lipinski definition) is 2. The molecule has 0 rings (SSSR count). The molecule has 0 saturated carbocycles. The largest absolute Gasteiger partial charge is 1.00 e. The molecule has 0 N–H and O–H groups in total. The lowest BCUT2D eigenvalue weighted by Crippen LogP contribution is -2.25. The van der Waals surface area contributed by atoms with Crippen molar-refractivity contribution in [2.24, 2.45) is 0 Å². The molecule has 0 radical (unpaired) electrons. The van der Waals surface area contributed by atoms with E-state index in [0.29, 0.717) is 6.42 Å². The van der Waals surface area contributed by atoms with Gasteiger partial charge in [-0.25, -0.2) is 0 Å². The third-order valence-electron chi connectivity index (χ3n) is 0.719. The minimum absolute atomic E-state index is 0. The van der Waals surface area contributed by atoms with Crippen LogP contribution in [0.3, 0.4) is 0 Å². The molecule has 0 aliphatic carbocycles. The van der Waals surface area contributed by atoms with Gasteiger partial charge in [0.25, 0.3) is 5.97 Å². The summed E-state index contributed by atoms with van der Waals surface area (Å²) in [6, 6.07) is 0. The van der Waals surface area contributed by atoms with Gasteiger partial charge in [-0.2, -0.15) is 0 Å². The van der Waals surface area contributed by atoms with Gasteiger partial charge in [-0.3, -0.25) is 4.79 Å². The first-order valence-electron chi connectivity index (χ1n) is 2.86. The molecule has 10 heavy (non-hydrogen) atoms. The summed E-state index contributed by atoms with van der Waals surface area (Å²) in [6.45, 7) is 1.60. The number of halogens is 3. The SMILES string of the molecule is CCCC(=O)O[B-](F)(F)F.[H+]. The summed E-state index contributed by atoms with van der Waals surface area (Å²) in [5.41, 5.74) is 0. The highest BCUT2D eigenvalue weighted by Crippen LogP contribution is 2.11. The van der Waals surface area contributed by atoms with Crippen LogP contribution in [0.25, 0.3) is 0 Å². The van der Waals surface area contributed by atoms with E-state index in [9.17, 15) is 17.7 Å². The Balaban J connectivity index is 0. The first-order valence-corrected chi connectivity index (χ1v) is 2.86. The summed E-state index contributed by atoms with van der Waals surface area (Å²) < 4.78 is 36.8. The van der Waals surface area contributed by atoms with Crippen molar-refractivity contribution >= 4 is 13.1 Å². The maximum Gasteiger partial charge on any atom is 1.00 e. The molecule has 0 aliphatic heterocycles. The second kappa shape index (κ2) is 3.48. The molecule has 0 aromatic heterocycles. The normalized spacial score (nSPS) is 11.2. The van der Waals surface area contributed by atoms with Crippen molar-refractivity contribution in [1.29, 1.82) is 0 Å². The van der Waals surface area contributed by atoms with Crippen LogP contribution >= 0.6 is 0 Å². The fourth-order valence-electron chi connectivity index (χ4n) is 0.412. The molecule has 0 unspecified atom stereocenters. The van der Waals surface area contributed by atoms with Crippen molar-refractivity contribution in [1.82, 2.24) is 0 Å². The maximum atomic E-state index is 11.2. The summed E-state index contributed by atoms with van der Waals surface area (Å²) >= 11 is 0. The fourth-order valence-corrected chi connectivity index (χ4v) is 0.412. The average Bonchev–Trinajstić information content (AvgIpc) is 1.59. The van der Waals surface area contributed by atoms with E-state index < -0.39 is 13.1 Å². The Labute approximate surface area is 57.9 Å². The predicted molar refractivity (Wildman–Crippen MR) is 31.2 cm³/mol. The van der Waals surface area contributed by atoms with Crippen LogP contribution in [0.4, 0.5) is 12.9 Å². The third-order valence-corrected chi connectivity index (χ3v) is 0.719. The number of carbonyl (C=O) groups excluding carboxylic acids is 1. The molecule has 0 fully saturated rings. The van der Waals surface area contributed by atoms with Gasteiger partial charge in [-0.1, -0.05) is 6.92 Å². The second-order valence-electron chi connectivity index (χ2n) is 1.75. The van der Waals surface area contributed by atoms with E-state index in [1.807, 2.05) is 0 Å². The maximum absolute atomic E-state index is 11.2. The highest BCUT2D eigenvalue weighted by Gasteiger charge is 2.29. The Morgan fingerprint density at radius 3 is 2.40 bits per heavy atom. The van der Waals surface area contributed by atoms with Crippen LogP contribution in [0.2, 0.25) is 0 Å². The Morgan fingerprint density at radius 1 is 1.60 bits per heavy atom. The van der Waals surface area contributed by atoms with Crippen molar-refractivity contribution in [3.05, 3.63) is 0 Å². The van der Waals surface area contributed by atoms with Crippen LogP contribution in [-0.2, 0) is 9.45 Å². The van der Waals surface area contributed by atoms with Gasteiger partial charge < -0.3 is 17.6 Å². The van der Waals surface area contributed by atoms with Crippen LogP contribution in [0, 0.1) is 0 Å². The van der Waals surface area contributed by atoms with Gasteiger partial charge in [-0.05, 0) is 6.42 Å². The van der Waals surface area contributed by atoms with E-state index in [-0.39, 0.29) is 7.85 Å². The Morgan fingerprint density at radius 2 is 2.10 bits per heavy atom. The summed E-state index contributed by atoms with van der Waals surface area (Å²) in [7, 11) is -5.40. The summed E-state index contributed by atoms with van der Waals surface area (Å²) in [5, 5.41) is 0. The van der Waals surface area contributed by atoms with Crippen LogP contribution in [0.5, 0.6) is 0 Å². The molecule has 2 nitrogen and oxygen atoms in total. The molecule has 0 spiro atoms. The zero-order chi connectivity index (χ0) is 8.20. The summed E-state index contributed by atoms with van der Waals surface area (Å²) in [5.74, 6) is -1.20. The Kier molecular flexibility index (Phi) is 3.25. The highest BCUT2D eigenvalue weighted by atomic mass is 19.4. The molecule has 0 aromatic carbocycles. The minimum atomic E-state index is -5.40. The number of rotatable bonds is 3. The first-order chi connectivity index (χ1) is 4.45. The number of hydrogen-bond donors (Lipinski definition) is 0. The van der Waals surface area contributed by atoms with Crippen LogP contribution in [-0.4, -0.2) is 13.1 Å². The number of carbonyl (C=O) groups is 1. The lowest BCUT2D eigenvalue weighted by Gasteiger charge is -2.15. The van der Waals surface area contributed by atoms with Crippen molar-refractivity contribution in [3.8, 4) is 0 Å². The van der Waals surface area contributed by atoms with Crippen LogP contribution < -0.4 is 0 Å². The Hall–Kier alpha value is -0.675. The highest BCUT2D eigenvalue weighted by molar-refractivity contribution is 6.53. The molecule has 0 heterocycles. The Bertz CT molecular complexity index is 127. The van der Waals surface area contributed by atoms with Crippen molar-refractivity contribution < 1.29 is 23.8 Å². The molecule has 0 bridgehead atoms. The zero-order valence-corrected chi connectivity index (χ0v) is 5.44. The van der Waals surface area contributed by atoms with E-state index in [1.165, 1.54) is 0 Å². The van der Waals surface area contributed by atoms with Crippen molar-refractivity contribution in [2.45, 2.75) is 19.8 Å². The predicted octanol–water partition coefficient (Wildman–Crippen LogP) is 1.79. The first kappa shape index (κ1) is 9.32. The van der Waals surface area contributed by atoms with E-state index in [1.54, 1.807) is 6.92 Å². The smallest absolute Gasteiger partial charge is 0.609 e. The molecule has 0 atom stereocenters. The quantitative estimate of drug-likeness (QED) is 0.582. The van der Waals surface area contributed by atoms with Crippen LogP contribution in [0.15, 0.2) is 0 Å². The van der Waals surface area contributed by atoms with E-state index in [2.05, 4.69) is 4.65 Å². The van der Waals surface area contributed by atoms with Gasteiger partial charge in [-0.15, -0.1) is 0 Å². The summed E-state index contributed by atoms with van der Waals surface area (Å²) in [4.78, 5) is 10.1. The van der Waals surface area contributed by atoms with Crippen LogP contribution in [0.1, 0.15) is 21.2 Å². The van der Waals surface area contributed by atoms with Gasteiger partial charge in [0.1, 0.15) is 0 Å². The van der Waals surface area contributed by atoms with Gasteiger partial charge >= 0.3 is 8.61 Å². The molecular formula is C4H8BF3O2. The van der Waals surface area contributed by atoms with Gasteiger partial charge in [0.2, 0.25) is 0 Å². The third kappa shape index (κ3) is 5.46. The standard InChI is InChI=1S/C4H7BF3O2/c1-2-3-4(9)10-5(6,7)8/h2-3H2,1H3/q-1/p+1. The zero-order valence-electron chi connectivity index (χ0n) is 6.44. The van der Waals surface area contributed by atoms with Gasteiger partial charge in [0, 0.05) is 6.42 Å². The van der Waals surface area contributed by atoms with E-state index >= 15 is 0 Å². The van der Waals surface area contributed by atoms with E-state index in [4.69, 9.17) is 0 Å². The summed E-state index contributed by atoms with van der Waals surface area (Å²) in [6.07, 6.45) is 0.187. The lowest BCUT2D eigenvalue weighted by molar-refractivity contribution is -0.137. The topological polar surface area (TPSA) is 26.3 Å². The molecule has 0 amide bonds. The molecular weight excluding hydrogens is 148 g/mol. The molecule has 6 heteroatoms. The van der Waals surface area contributed by atoms with E-state index in [0.717, 1.165) is 0 Å². The van der Waals surface area contributed by atoms with Crippen molar-refractivity contribution in [3.63, 3.8) is 0 Å².